The molecule has 9 nitrogen and oxygen atoms in total. The molecule has 0 saturated carbocycles. The van der Waals surface area contributed by atoms with E-state index in [4.69, 9.17) is 9.26 Å². The maximum Gasteiger partial charge on any atom is 0.240 e. The van der Waals surface area contributed by atoms with E-state index >= 15 is 0 Å². The quantitative estimate of drug-likeness (QED) is 0.768. The van der Waals surface area contributed by atoms with E-state index in [-0.39, 0.29) is 6.61 Å². The van der Waals surface area contributed by atoms with Crippen molar-refractivity contribution < 1.29 is 14.4 Å². The maximum atomic E-state index is 9.27. The number of aliphatic hydroxyl groups excluding tert-OH is 1. The number of aromatic nitrogens is 5. The van der Waals surface area contributed by atoms with Gasteiger partial charge >= 0.3 is 0 Å². The van der Waals surface area contributed by atoms with E-state index < -0.39 is 0 Å². The fourth-order valence-electron chi connectivity index (χ4n) is 3.12. The Hall–Kier alpha value is -1.84. The fraction of sp³-hybridized carbons (Fsp3) is 0.733. The summed E-state index contributed by atoms with van der Waals surface area (Å²) < 4.78 is 12.2. The number of rotatable bonds is 7. The molecular formula is C15H24N6O3. The molecular weight excluding hydrogens is 312 g/mol. The maximum absolute atomic E-state index is 9.27. The molecule has 0 spiro atoms. The molecule has 132 valence electrons. The first-order valence-electron chi connectivity index (χ1n) is 8.23. The van der Waals surface area contributed by atoms with Crippen molar-refractivity contribution >= 4 is 0 Å². The summed E-state index contributed by atoms with van der Waals surface area (Å²) in [5, 5.41) is 21.5. The van der Waals surface area contributed by atoms with E-state index in [1.807, 2.05) is 11.6 Å². The van der Waals surface area contributed by atoms with Crippen LogP contribution in [0.5, 0.6) is 0 Å². The lowest BCUT2D eigenvalue weighted by Gasteiger charge is -2.31. The zero-order valence-corrected chi connectivity index (χ0v) is 14.2. The largest absolute Gasteiger partial charge is 0.388 e. The van der Waals surface area contributed by atoms with Gasteiger partial charge in [0.1, 0.15) is 12.4 Å². The Bertz CT molecular complexity index is 655. The first kappa shape index (κ1) is 17.0. The molecule has 3 heterocycles. The lowest BCUT2D eigenvalue weighted by molar-refractivity contribution is 0.172. The summed E-state index contributed by atoms with van der Waals surface area (Å²) in [6, 6.07) is 0. The second kappa shape index (κ2) is 7.82. The number of hydrogen-bond acceptors (Lipinski definition) is 8. The summed E-state index contributed by atoms with van der Waals surface area (Å²) in [6.07, 6.45) is 2.80. The number of hydrogen-bond donors (Lipinski definition) is 1. The normalized spacial score (nSPS) is 19.0. The first-order valence-corrected chi connectivity index (χ1v) is 8.23. The van der Waals surface area contributed by atoms with Crippen molar-refractivity contribution in [3.63, 3.8) is 0 Å². The summed E-state index contributed by atoms with van der Waals surface area (Å²) in [6.45, 7) is 3.00. The van der Waals surface area contributed by atoms with Crippen molar-refractivity contribution in [1.82, 2.24) is 29.8 Å². The van der Waals surface area contributed by atoms with Gasteiger partial charge in [0, 0.05) is 33.0 Å². The SMILES string of the molecule is COCCc1noc(CN2CCC[C@H](c3nnc(CO)n3C)C2)n1. The third-order valence-corrected chi connectivity index (χ3v) is 4.41. The van der Waals surface area contributed by atoms with Crippen molar-refractivity contribution in [2.75, 3.05) is 26.8 Å². The number of piperidine rings is 1. The van der Waals surface area contributed by atoms with Gasteiger partial charge in [-0.1, -0.05) is 5.16 Å². The lowest BCUT2D eigenvalue weighted by atomic mass is 9.97. The van der Waals surface area contributed by atoms with Crippen LogP contribution in [0.1, 0.15) is 42.1 Å². The Morgan fingerprint density at radius 1 is 1.38 bits per heavy atom. The van der Waals surface area contributed by atoms with Crippen molar-refractivity contribution in [1.29, 1.82) is 0 Å². The van der Waals surface area contributed by atoms with Crippen LogP contribution in [0.15, 0.2) is 4.52 Å². The van der Waals surface area contributed by atoms with Gasteiger partial charge in [0.15, 0.2) is 11.6 Å². The standard InChI is InChI=1S/C15H24N6O3/c1-20-13(10-22)17-18-15(20)11-4-3-6-21(8-11)9-14-16-12(19-24-14)5-7-23-2/h11,22H,3-10H2,1-2H3/t11-/m0/s1. The predicted molar refractivity (Wildman–Crippen MR) is 84.1 cm³/mol. The Morgan fingerprint density at radius 3 is 3.00 bits per heavy atom. The van der Waals surface area contributed by atoms with Crippen LogP contribution in [0.4, 0.5) is 0 Å². The minimum atomic E-state index is -0.0911. The van der Waals surface area contributed by atoms with Crippen LogP contribution in [0.25, 0.3) is 0 Å². The van der Waals surface area contributed by atoms with Crippen molar-refractivity contribution in [2.24, 2.45) is 7.05 Å². The predicted octanol–water partition coefficient (Wildman–Crippen LogP) is 0.259. The number of ether oxygens (including phenoxy) is 1. The minimum absolute atomic E-state index is 0.0911. The summed E-state index contributed by atoms with van der Waals surface area (Å²) in [5.74, 6) is 3.14. The molecule has 9 heteroatoms. The van der Waals surface area contributed by atoms with Crippen molar-refractivity contribution in [3.8, 4) is 0 Å². The van der Waals surface area contributed by atoms with Crippen LogP contribution in [-0.4, -0.2) is 61.7 Å². The fourth-order valence-corrected chi connectivity index (χ4v) is 3.12. The van der Waals surface area contributed by atoms with Crippen LogP contribution in [0.3, 0.4) is 0 Å². The molecule has 2 aromatic heterocycles. The van der Waals surface area contributed by atoms with Crippen LogP contribution in [0, 0.1) is 0 Å². The zero-order chi connectivity index (χ0) is 16.9. The number of aliphatic hydroxyl groups is 1. The van der Waals surface area contributed by atoms with E-state index in [0.717, 1.165) is 31.8 Å². The Balaban J connectivity index is 1.61. The van der Waals surface area contributed by atoms with E-state index in [0.29, 0.717) is 43.0 Å². The highest BCUT2D eigenvalue weighted by Gasteiger charge is 2.26. The smallest absolute Gasteiger partial charge is 0.240 e. The molecule has 1 atom stereocenters. The Morgan fingerprint density at radius 2 is 2.25 bits per heavy atom. The van der Waals surface area contributed by atoms with Gasteiger partial charge in [-0.2, -0.15) is 4.98 Å². The minimum Gasteiger partial charge on any atom is -0.388 e. The molecule has 0 radical (unpaired) electrons. The van der Waals surface area contributed by atoms with Gasteiger partial charge in [-0.25, -0.2) is 0 Å². The second-order valence-corrected chi connectivity index (χ2v) is 6.11. The first-order chi connectivity index (χ1) is 11.7. The average Bonchev–Trinajstić information content (AvgIpc) is 3.19. The number of methoxy groups -OCH3 is 1. The molecule has 1 saturated heterocycles. The van der Waals surface area contributed by atoms with Gasteiger partial charge in [0.2, 0.25) is 5.89 Å². The van der Waals surface area contributed by atoms with Gasteiger partial charge in [-0.05, 0) is 19.4 Å². The molecule has 24 heavy (non-hydrogen) atoms. The molecule has 2 aromatic rings. The highest BCUT2D eigenvalue weighted by atomic mass is 16.5. The molecule has 0 amide bonds. The molecule has 1 aliphatic heterocycles. The highest BCUT2D eigenvalue weighted by molar-refractivity contribution is 5.03. The summed E-state index contributed by atoms with van der Waals surface area (Å²) in [7, 11) is 3.56. The van der Waals surface area contributed by atoms with Gasteiger partial charge < -0.3 is 18.9 Å². The zero-order valence-electron chi connectivity index (χ0n) is 14.2. The highest BCUT2D eigenvalue weighted by Crippen LogP contribution is 2.26. The summed E-state index contributed by atoms with van der Waals surface area (Å²) in [4.78, 5) is 6.71. The van der Waals surface area contributed by atoms with Gasteiger partial charge in [-0.15, -0.1) is 10.2 Å². The molecule has 0 aromatic carbocycles. The van der Waals surface area contributed by atoms with Crippen molar-refractivity contribution in [3.05, 3.63) is 23.4 Å². The Kier molecular flexibility index (Phi) is 5.54. The third-order valence-electron chi connectivity index (χ3n) is 4.41. The summed E-state index contributed by atoms with van der Waals surface area (Å²) in [5.41, 5.74) is 0. The van der Waals surface area contributed by atoms with Crippen LogP contribution < -0.4 is 0 Å². The van der Waals surface area contributed by atoms with E-state index in [1.165, 1.54) is 0 Å². The van der Waals surface area contributed by atoms with Crippen LogP contribution in [0.2, 0.25) is 0 Å². The average molecular weight is 336 g/mol. The second-order valence-electron chi connectivity index (χ2n) is 6.11. The number of nitrogens with zero attached hydrogens (tertiary/aromatic N) is 6. The van der Waals surface area contributed by atoms with Crippen LogP contribution >= 0.6 is 0 Å². The topological polar surface area (TPSA) is 102 Å². The lowest BCUT2D eigenvalue weighted by Crippen LogP contribution is -2.35. The molecule has 0 unspecified atom stereocenters. The third kappa shape index (κ3) is 3.80. The van der Waals surface area contributed by atoms with Gasteiger partial charge in [0.25, 0.3) is 0 Å². The number of likely N-dealkylation sites (tertiary alicyclic amines) is 1. The Labute approximate surface area is 140 Å². The van der Waals surface area contributed by atoms with Crippen molar-refractivity contribution in [2.45, 2.75) is 38.3 Å². The van der Waals surface area contributed by atoms with E-state index in [1.54, 1.807) is 7.11 Å². The summed E-state index contributed by atoms with van der Waals surface area (Å²) >= 11 is 0. The molecule has 3 rings (SSSR count). The monoisotopic (exact) mass is 336 g/mol. The van der Waals surface area contributed by atoms with Crippen LogP contribution in [-0.2, 0) is 31.4 Å². The molecule has 0 bridgehead atoms. The molecule has 1 aliphatic rings. The van der Waals surface area contributed by atoms with Gasteiger partial charge in [0.05, 0.1) is 13.2 Å². The van der Waals surface area contributed by atoms with Gasteiger partial charge in [-0.3, -0.25) is 4.90 Å². The van der Waals surface area contributed by atoms with E-state index in [2.05, 4.69) is 25.2 Å². The molecule has 1 fully saturated rings. The molecule has 0 aliphatic carbocycles. The molecule has 1 N–H and O–H groups in total. The van der Waals surface area contributed by atoms with E-state index in [9.17, 15) is 5.11 Å².